The number of hydrogen-bond acceptors (Lipinski definition) is 5. The van der Waals surface area contributed by atoms with Crippen molar-refractivity contribution in [1.29, 1.82) is 0 Å². The Balaban J connectivity index is 1.56. The van der Waals surface area contributed by atoms with E-state index in [2.05, 4.69) is 15.6 Å². The molecule has 10 heteroatoms. The van der Waals surface area contributed by atoms with Gasteiger partial charge in [-0.1, -0.05) is 5.21 Å². The van der Waals surface area contributed by atoms with E-state index in [1.165, 1.54) is 10.9 Å². The molecule has 1 N–H and O–H groups in total. The molecule has 0 aromatic carbocycles. The molecule has 3 heterocycles. The maximum Gasteiger partial charge on any atom is 0.273 e. The summed E-state index contributed by atoms with van der Waals surface area (Å²) in [5, 5.41) is 10.6. The largest absolute Gasteiger partial charge is 0.348 e. The number of hydrogen-bond donors (Lipinski definition) is 1. The van der Waals surface area contributed by atoms with Crippen LogP contribution in [0.3, 0.4) is 0 Å². The topological polar surface area (TPSA) is 100 Å². The zero-order valence-corrected chi connectivity index (χ0v) is 17.9. The number of aromatic nitrogens is 3. The molecule has 2 saturated heterocycles. The standard InChI is InChI=1S/C20H31FN6O3/c1-13(2)22-20(30)18-12-26(24-23-18)11-17-9-16(21)10-27(17)19(29)8-15-4-6-25(7-5-15)14(3)28/h12-13,15-17H,4-11H2,1-3H3,(H,22,30)/t16-,17-/m0/s1. The van der Waals surface area contributed by atoms with Crippen molar-refractivity contribution in [2.75, 3.05) is 19.6 Å². The van der Waals surface area contributed by atoms with Gasteiger partial charge in [-0.3, -0.25) is 14.4 Å². The highest BCUT2D eigenvalue weighted by atomic mass is 19.1. The van der Waals surface area contributed by atoms with Gasteiger partial charge in [0.1, 0.15) is 6.17 Å². The summed E-state index contributed by atoms with van der Waals surface area (Å²) in [6.45, 7) is 7.00. The second-order valence-electron chi connectivity index (χ2n) is 8.64. The van der Waals surface area contributed by atoms with Crippen LogP contribution >= 0.6 is 0 Å². The molecule has 2 atom stereocenters. The van der Waals surface area contributed by atoms with Gasteiger partial charge < -0.3 is 15.1 Å². The van der Waals surface area contributed by atoms with Crippen LogP contribution in [-0.2, 0) is 16.1 Å². The quantitative estimate of drug-likeness (QED) is 0.737. The lowest BCUT2D eigenvalue weighted by atomic mass is 9.93. The summed E-state index contributed by atoms with van der Waals surface area (Å²) in [5.41, 5.74) is 0.202. The first kappa shape index (κ1) is 22.2. The third kappa shape index (κ3) is 5.54. The zero-order chi connectivity index (χ0) is 21.8. The highest BCUT2D eigenvalue weighted by Crippen LogP contribution is 2.27. The molecule has 166 valence electrons. The van der Waals surface area contributed by atoms with Crippen LogP contribution in [-0.4, -0.2) is 80.4 Å². The fraction of sp³-hybridized carbons (Fsp3) is 0.750. The van der Waals surface area contributed by atoms with Crippen LogP contribution in [0.25, 0.3) is 0 Å². The van der Waals surface area contributed by atoms with Gasteiger partial charge in [-0.15, -0.1) is 5.10 Å². The normalized spacial score (nSPS) is 22.6. The van der Waals surface area contributed by atoms with Crippen molar-refractivity contribution in [3.63, 3.8) is 0 Å². The SMILES string of the molecule is CC(=O)N1CCC(CC(=O)N2C[C@@H](F)C[C@H]2Cn2cc(C(=O)NC(C)C)nn2)CC1. The summed E-state index contributed by atoms with van der Waals surface area (Å²) in [6.07, 6.45) is 2.67. The summed E-state index contributed by atoms with van der Waals surface area (Å²) in [5.74, 6) is -0.0887. The number of likely N-dealkylation sites (tertiary alicyclic amines) is 2. The zero-order valence-electron chi connectivity index (χ0n) is 17.9. The number of nitrogens with one attached hydrogen (secondary N) is 1. The lowest BCUT2D eigenvalue weighted by Crippen LogP contribution is -2.41. The van der Waals surface area contributed by atoms with Crippen LogP contribution in [0.15, 0.2) is 6.20 Å². The molecule has 3 rings (SSSR count). The molecule has 0 unspecified atom stereocenters. The molecule has 2 aliphatic heterocycles. The fourth-order valence-electron chi connectivity index (χ4n) is 4.20. The minimum absolute atomic E-state index is 0.0137. The van der Waals surface area contributed by atoms with Crippen LogP contribution < -0.4 is 5.32 Å². The van der Waals surface area contributed by atoms with E-state index in [-0.39, 0.29) is 54.4 Å². The first-order chi connectivity index (χ1) is 14.2. The van der Waals surface area contributed by atoms with E-state index in [0.29, 0.717) is 26.1 Å². The monoisotopic (exact) mass is 422 g/mol. The third-order valence-corrected chi connectivity index (χ3v) is 5.80. The van der Waals surface area contributed by atoms with Crippen molar-refractivity contribution < 1.29 is 18.8 Å². The predicted octanol–water partition coefficient (Wildman–Crippen LogP) is 1.00. The molecule has 3 amide bonds. The summed E-state index contributed by atoms with van der Waals surface area (Å²) in [4.78, 5) is 39.8. The molecule has 30 heavy (non-hydrogen) atoms. The van der Waals surface area contributed by atoms with Gasteiger partial charge in [-0.05, 0) is 32.6 Å². The minimum Gasteiger partial charge on any atom is -0.348 e. The molecule has 2 aliphatic rings. The minimum atomic E-state index is -1.06. The number of carbonyl (C=O) groups is 3. The molecule has 0 spiro atoms. The highest BCUT2D eigenvalue weighted by molar-refractivity contribution is 5.92. The Morgan fingerprint density at radius 2 is 1.97 bits per heavy atom. The van der Waals surface area contributed by atoms with E-state index < -0.39 is 6.17 Å². The number of rotatable bonds is 6. The third-order valence-electron chi connectivity index (χ3n) is 5.80. The molecular weight excluding hydrogens is 391 g/mol. The van der Waals surface area contributed by atoms with Crippen molar-refractivity contribution in [2.24, 2.45) is 5.92 Å². The molecule has 0 aliphatic carbocycles. The van der Waals surface area contributed by atoms with Gasteiger partial charge in [0.2, 0.25) is 11.8 Å². The average molecular weight is 423 g/mol. The number of halogens is 1. The Kier molecular flexibility index (Phi) is 7.04. The second kappa shape index (κ2) is 9.53. The van der Waals surface area contributed by atoms with Crippen LogP contribution in [0.5, 0.6) is 0 Å². The summed E-state index contributed by atoms with van der Waals surface area (Å²) < 4.78 is 15.6. The van der Waals surface area contributed by atoms with E-state index >= 15 is 0 Å². The first-order valence-electron chi connectivity index (χ1n) is 10.6. The van der Waals surface area contributed by atoms with Crippen LogP contribution in [0.4, 0.5) is 4.39 Å². The lowest BCUT2D eigenvalue weighted by molar-refractivity contribution is -0.134. The van der Waals surface area contributed by atoms with Crippen molar-refractivity contribution in [3.8, 4) is 0 Å². The maximum absolute atomic E-state index is 14.1. The van der Waals surface area contributed by atoms with Gasteiger partial charge in [0.05, 0.1) is 25.3 Å². The van der Waals surface area contributed by atoms with Crippen molar-refractivity contribution in [1.82, 2.24) is 30.1 Å². The van der Waals surface area contributed by atoms with Gasteiger partial charge >= 0.3 is 0 Å². The number of amides is 3. The highest BCUT2D eigenvalue weighted by Gasteiger charge is 2.37. The van der Waals surface area contributed by atoms with Crippen molar-refractivity contribution in [3.05, 3.63) is 11.9 Å². The summed E-state index contributed by atoms with van der Waals surface area (Å²) in [6, 6.07) is -0.326. The number of alkyl halides is 1. The van der Waals surface area contributed by atoms with Gasteiger partial charge in [-0.2, -0.15) is 0 Å². The fourth-order valence-corrected chi connectivity index (χ4v) is 4.20. The van der Waals surface area contributed by atoms with E-state index in [9.17, 15) is 18.8 Å². The summed E-state index contributed by atoms with van der Waals surface area (Å²) in [7, 11) is 0. The van der Waals surface area contributed by atoms with Gasteiger partial charge in [-0.25, -0.2) is 9.07 Å². The number of carbonyl (C=O) groups excluding carboxylic acids is 3. The number of nitrogens with zero attached hydrogens (tertiary/aromatic N) is 5. The van der Waals surface area contributed by atoms with E-state index in [1.807, 2.05) is 13.8 Å². The Morgan fingerprint density at radius 1 is 1.27 bits per heavy atom. The second-order valence-corrected chi connectivity index (χ2v) is 8.64. The Morgan fingerprint density at radius 3 is 2.60 bits per heavy atom. The van der Waals surface area contributed by atoms with E-state index in [4.69, 9.17) is 0 Å². The van der Waals surface area contributed by atoms with E-state index in [0.717, 1.165) is 12.8 Å². The van der Waals surface area contributed by atoms with Crippen LogP contribution in [0.1, 0.15) is 56.9 Å². The Bertz CT molecular complexity index is 774. The van der Waals surface area contributed by atoms with E-state index in [1.54, 1.807) is 16.7 Å². The van der Waals surface area contributed by atoms with Crippen LogP contribution in [0, 0.1) is 5.92 Å². The molecule has 0 bridgehead atoms. The first-order valence-corrected chi connectivity index (χ1v) is 10.6. The Hall–Kier alpha value is -2.52. The Labute approximate surface area is 176 Å². The average Bonchev–Trinajstić information content (AvgIpc) is 3.28. The molecule has 9 nitrogen and oxygen atoms in total. The molecule has 1 aromatic rings. The molecule has 1 aromatic heterocycles. The maximum atomic E-state index is 14.1. The lowest BCUT2D eigenvalue weighted by Gasteiger charge is -2.32. The molecule has 2 fully saturated rings. The smallest absolute Gasteiger partial charge is 0.273 e. The van der Waals surface area contributed by atoms with Gasteiger partial charge in [0.25, 0.3) is 5.91 Å². The predicted molar refractivity (Wildman–Crippen MR) is 107 cm³/mol. The molecular formula is C20H31FN6O3. The molecule has 0 saturated carbocycles. The molecule has 0 radical (unpaired) electrons. The van der Waals surface area contributed by atoms with Crippen LogP contribution in [0.2, 0.25) is 0 Å². The van der Waals surface area contributed by atoms with Gasteiger partial charge in [0, 0.05) is 38.9 Å². The van der Waals surface area contributed by atoms with Crippen molar-refractivity contribution >= 4 is 17.7 Å². The summed E-state index contributed by atoms with van der Waals surface area (Å²) >= 11 is 0. The van der Waals surface area contributed by atoms with Gasteiger partial charge in [0.15, 0.2) is 5.69 Å². The van der Waals surface area contributed by atoms with Crippen molar-refractivity contribution in [2.45, 2.75) is 71.3 Å². The number of piperidine rings is 1.